The number of ether oxygens (including phenoxy) is 1. The number of aryl methyl sites for hydroxylation is 2. The molecular formula is C29H36F4N4O3. The van der Waals surface area contributed by atoms with E-state index >= 15 is 0 Å². The second-order valence-corrected chi connectivity index (χ2v) is 11.8. The smallest absolute Gasteiger partial charge is 0.278 e. The largest absolute Gasteiger partial charge is 0.487 e. The third kappa shape index (κ3) is 6.44. The molecule has 1 aromatic carbocycles. The fourth-order valence-electron chi connectivity index (χ4n) is 5.41. The van der Waals surface area contributed by atoms with Crippen LogP contribution in [0.4, 0.5) is 17.6 Å². The number of aromatic nitrogens is 2. The van der Waals surface area contributed by atoms with Gasteiger partial charge in [-0.1, -0.05) is 25.0 Å². The topological polar surface area (TPSA) is 85.2 Å². The van der Waals surface area contributed by atoms with E-state index < -0.39 is 29.8 Å². The first kappa shape index (κ1) is 28.4. The van der Waals surface area contributed by atoms with Crippen LogP contribution in [0.25, 0.3) is 0 Å². The Bertz CT molecular complexity index is 1260. The molecule has 2 fully saturated rings. The molecule has 0 spiro atoms. The normalized spacial score (nSPS) is 20.1. The van der Waals surface area contributed by atoms with Crippen molar-refractivity contribution in [1.29, 1.82) is 0 Å². The van der Waals surface area contributed by atoms with E-state index in [2.05, 4.69) is 10.6 Å². The Hall–Kier alpha value is -3.11. The van der Waals surface area contributed by atoms with Crippen molar-refractivity contribution >= 4 is 11.8 Å². The van der Waals surface area contributed by atoms with Crippen LogP contribution in [0, 0.1) is 11.3 Å². The van der Waals surface area contributed by atoms with Gasteiger partial charge in [0.2, 0.25) is 5.91 Å². The molecule has 2 saturated carbocycles. The molecule has 40 heavy (non-hydrogen) atoms. The van der Waals surface area contributed by atoms with Crippen molar-refractivity contribution in [1.82, 2.24) is 20.4 Å². The summed E-state index contributed by atoms with van der Waals surface area (Å²) in [6.45, 7) is 1.44. The first-order chi connectivity index (χ1) is 18.8. The van der Waals surface area contributed by atoms with E-state index in [-0.39, 0.29) is 31.3 Å². The van der Waals surface area contributed by atoms with Gasteiger partial charge < -0.3 is 15.4 Å². The van der Waals surface area contributed by atoms with Crippen molar-refractivity contribution in [3.8, 4) is 5.75 Å². The summed E-state index contributed by atoms with van der Waals surface area (Å²) in [5.74, 6) is -6.03. The summed E-state index contributed by atoms with van der Waals surface area (Å²) in [7, 11) is 0. The summed E-state index contributed by atoms with van der Waals surface area (Å²) in [6.07, 6.45) is 5.22. The average Bonchev–Trinajstić information content (AvgIpc) is 3.80. The summed E-state index contributed by atoms with van der Waals surface area (Å²) in [5.41, 5.74) is 0.832. The minimum Gasteiger partial charge on any atom is -0.487 e. The van der Waals surface area contributed by atoms with E-state index in [0.29, 0.717) is 54.4 Å². The molecule has 5 rings (SSSR count). The van der Waals surface area contributed by atoms with Crippen LogP contribution in [0.2, 0.25) is 0 Å². The van der Waals surface area contributed by atoms with Crippen molar-refractivity contribution in [2.45, 2.75) is 96.2 Å². The van der Waals surface area contributed by atoms with Crippen molar-refractivity contribution < 1.29 is 31.9 Å². The van der Waals surface area contributed by atoms with Crippen molar-refractivity contribution in [3.63, 3.8) is 0 Å². The van der Waals surface area contributed by atoms with Crippen LogP contribution in [0.1, 0.15) is 79.7 Å². The third-order valence-corrected chi connectivity index (χ3v) is 8.19. The van der Waals surface area contributed by atoms with Gasteiger partial charge >= 0.3 is 0 Å². The molecule has 7 nitrogen and oxygen atoms in total. The van der Waals surface area contributed by atoms with Gasteiger partial charge in [0.15, 0.2) is 6.61 Å². The zero-order valence-electron chi connectivity index (χ0n) is 22.9. The Labute approximate surface area is 231 Å². The van der Waals surface area contributed by atoms with E-state index in [1.54, 1.807) is 22.9 Å². The Morgan fingerprint density at radius 1 is 1.20 bits per heavy atom. The van der Waals surface area contributed by atoms with Crippen molar-refractivity contribution in [2.75, 3.05) is 6.61 Å². The summed E-state index contributed by atoms with van der Waals surface area (Å²) in [6, 6.07) is 6.80. The summed E-state index contributed by atoms with van der Waals surface area (Å²) in [5, 5.41) is 10.4. The molecule has 0 radical (unpaired) electrons. The molecule has 2 heterocycles. The van der Waals surface area contributed by atoms with E-state index in [0.717, 1.165) is 38.7 Å². The van der Waals surface area contributed by atoms with E-state index in [1.807, 2.05) is 6.07 Å². The number of nitrogens with zero attached hydrogens (tertiary/aromatic N) is 2. The van der Waals surface area contributed by atoms with Gasteiger partial charge in [-0.05, 0) is 55.7 Å². The van der Waals surface area contributed by atoms with Crippen LogP contribution in [0.5, 0.6) is 5.75 Å². The van der Waals surface area contributed by atoms with E-state index in [4.69, 9.17) is 9.84 Å². The zero-order valence-corrected chi connectivity index (χ0v) is 22.9. The molecule has 0 saturated heterocycles. The molecule has 11 heteroatoms. The minimum absolute atomic E-state index is 0.0364. The van der Waals surface area contributed by atoms with Crippen molar-refractivity contribution in [3.05, 3.63) is 46.8 Å². The average molecular weight is 565 g/mol. The number of nitrogens with one attached hydrogen (secondary N) is 2. The molecular weight excluding hydrogens is 528 g/mol. The standard InChI is InChI=1S/C29H36F4N4O3/c1-27(30,31)17-40-21-5-3-4-19(14-21)8-9-20-15-22-24(25(38)35-20)23(37(36-22)13-10-18-6-7-18)16-34-26(39)29(11-12-29)28(2,32)33/h3-5,14,18,20H,6-13,15-17H2,1-2H3,(H,34,39)(H,35,38). The second kappa shape index (κ2) is 10.7. The highest BCUT2D eigenvalue weighted by atomic mass is 19.3. The van der Waals surface area contributed by atoms with Gasteiger partial charge in [-0.3, -0.25) is 14.3 Å². The summed E-state index contributed by atoms with van der Waals surface area (Å²) >= 11 is 0. The molecule has 2 aromatic rings. The molecule has 1 aromatic heterocycles. The van der Waals surface area contributed by atoms with Gasteiger partial charge in [-0.15, -0.1) is 0 Å². The summed E-state index contributed by atoms with van der Waals surface area (Å²) < 4.78 is 61.4. The molecule has 1 atom stereocenters. The number of halogens is 4. The highest BCUT2D eigenvalue weighted by Crippen LogP contribution is 2.56. The third-order valence-electron chi connectivity index (χ3n) is 8.19. The maximum absolute atomic E-state index is 14.1. The van der Waals surface area contributed by atoms with Crippen molar-refractivity contribution in [2.24, 2.45) is 11.3 Å². The Morgan fingerprint density at radius 2 is 1.95 bits per heavy atom. The van der Waals surface area contributed by atoms with Gasteiger partial charge in [0.25, 0.3) is 17.8 Å². The maximum Gasteiger partial charge on any atom is 0.278 e. The lowest BCUT2D eigenvalue weighted by atomic mass is 9.95. The molecule has 0 bridgehead atoms. The van der Waals surface area contributed by atoms with Crippen LogP contribution in [0.15, 0.2) is 24.3 Å². The van der Waals surface area contributed by atoms with E-state index in [1.165, 1.54) is 0 Å². The lowest BCUT2D eigenvalue weighted by molar-refractivity contribution is -0.141. The van der Waals surface area contributed by atoms with Crippen LogP contribution in [-0.2, 0) is 30.7 Å². The number of rotatable bonds is 13. The molecule has 1 aliphatic heterocycles. The second-order valence-electron chi connectivity index (χ2n) is 11.8. The Balaban J connectivity index is 1.26. The van der Waals surface area contributed by atoms with Crippen LogP contribution >= 0.6 is 0 Å². The lowest BCUT2D eigenvalue weighted by Crippen LogP contribution is -2.43. The van der Waals surface area contributed by atoms with E-state index in [9.17, 15) is 27.2 Å². The predicted molar refractivity (Wildman–Crippen MR) is 140 cm³/mol. The number of benzene rings is 1. The first-order valence-corrected chi connectivity index (χ1v) is 14.0. The molecule has 218 valence electrons. The number of alkyl halides is 4. The first-order valence-electron chi connectivity index (χ1n) is 14.0. The number of fused-ring (bicyclic) bond motifs is 1. The van der Waals surface area contributed by atoms with Gasteiger partial charge in [-0.25, -0.2) is 17.6 Å². The number of carbonyl (C=O) groups is 2. The minimum atomic E-state index is -3.11. The molecule has 1 unspecified atom stereocenters. The molecule has 2 N–H and O–H groups in total. The highest BCUT2D eigenvalue weighted by molar-refractivity contribution is 5.98. The zero-order chi connectivity index (χ0) is 28.7. The van der Waals surface area contributed by atoms with Gasteiger partial charge in [0.05, 0.1) is 23.5 Å². The fourth-order valence-corrected chi connectivity index (χ4v) is 5.41. The van der Waals surface area contributed by atoms with Crippen LogP contribution in [0.3, 0.4) is 0 Å². The number of carbonyl (C=O) groups excluding carboxylic acids is 2. The predicted octanol–water partition coefficient (Wildman–Crippen LogP) is 5.06. The molecule has 2 aliphatic carbocycles. The number of amides is 2. The van der Waals surface area contributed by atoms with Gasteiger partial charge in [0, 0.05) is 32.9 Å². The SMILES string of the molecule is CC(F)(F)COc1cccc(CCC2Cc3nn(CCC4CC4)c(CNC(=O)C4(C(C)(F)F)CC4)c3C(=O)N2)c1. The van der Waals surface area contributed by atoms with Crippen LogP contribution < -0.4 is 15.4 Å². The monoisotopic (exact) mass is 564 g/mol. The van der Waals surface area contributed by atoms with Crippen LogP contribution in [-0.4, -0.2) is 46.1 Å². The van der Waals surface area contributed by atoms with Gasteiger partial charge in [-0.2, -0.15) is 5.10 Å². The lowest BCUT2D eigenvalue weighted by Gasteiger charge is -2.24. The highest BCUT2D eigenvalue weighted by Gasteiger charge is 2.64. The molecule has 2 amide bonds. The number of hydrogen-bond acceptors (Lipinski definition) is 4. The number of hydrogen-bond donors (Lipinski definition) is 2. The fraction of sp³-hybridized carbons (Fsp3) is 0.621. The summed E-state index contributed by atoms with van der Waals surface area (Å²) in [4.78, 5) is 26.0. The maximum atomic E-state index is 14.1. The molecule has 3 aliphatic rings. The Kier molecular flexibility index (Phi) is 7.60. The quantitative estimate of drug-likeness (QED) is 0.333. The van der Waals surface area contributed by atoms with Gasteiger partial charge in [0.1, 0.15) is 11.2 Å². The Morgan fingerprint density at radius 3 is 2.60 bits per heavy atom.